The third kappa shape index (κ3) is 3.06. The summed E-state index contributed by atoms with van der Waals surface area (Å²) in [5, 5.41) is 11.8. The van der Waals surface area contributed by atoms with Gasteiger partial charge in [-0.1, -0.05) is 37.5 Å². The van der Waals surface area contributed by atoms with Gasteiger partial charge >= 0.3 is 12.1 Å². The minimum atomic E-state index is -4.94. The van der Waals surface area contributed by atoms with Crippen LogP contribution in [0.15, 0.2) is 24.3 Å². The van der Waals surface area contributed by atoms with Crippen LogP contribution in [0.4, 0.5) is 13.2 Å². The van der Waals surface area contributed by atoms with Crippen molar-refractivity contribution in [3.63, 3.8) is 0 Å². The van der Waals surface area contributed by atoms with Crippen molar-refractivity contribution >= 4 is 5.91 Å². The minimum Gasteiger partial charge on any atom is -0.325 e. The molecule has 2 aromatic rings. The SMILES string of the molecule is Cc1ccccc1-n1nnnc1C1(N(C)C(=O)C(F)(F)F)CCCCC1. The summed E-state index contributed by atoms with van der Waals surface area (Å²) < 4.78 is 40.8. The van der Waals surface area contributed by atoms with E-state index in [1.165, 1.54) is 11.7 Å². The summed E-state index contributed by atoms with van der Waals surface area (Å²) in [6, 6.07) is 7.35. The van der Waals surface area contributed by atoms with Gasteiger partial charge in [-0.25, -0.2) is 0 Å². The Labute approximate surface area is 149 Å². The van der Waals surface area contributed by atoms with Crippen LogP contribution in [0.5, 0.6) is 0 Å². The van der Waals surface area contributed by atoms with Crippen molar-refractivity contribution < 1.29 is 18.0 Å². The van der Waals surface area contributed by atoms with Crippen molar-refractivity contribution in [1.82, 2.24) is 25.1 Å². The summed E-state index contributed by atoms with van der Waals surface area (Å²) in [6.45, 7) is 1.87. The van der Waals surface area contributed by atoms with Crippen molar-refractivity contribution in [2.24, 2.45) is 0 Å². The maximum Gasteiger partial charge on any atom is 0.471 e. The van der Waals surface area contributed by atoms with E-state index in [9.17, 15) is 18.0 Å². The van der Waals surface area contributed by atoms with E-state index in [4.69, 9.17) is 0 Å². The van der Waals surface area contributed by atoms with Crippen LogP contribution >= 0.6 is 0 Å². The Hall–Kier alpha value is -2.45. The average molecular weight is 367 g/mol. The molecule has 1 amide bonds. The lowest BCUT2D eigenvalue weighted by Crippen LogP contribution is -2.53. The molecule has 140 valence electrons. The number of tetrazole rings is 1. The first-order valence-corrected chi connectivity index (χ1v) is 8.47. The molecule has 1 aromatic heterocycles. The second-order valence-electron chi connectivity index (χ2n) is 6.65. The van der Waals surface area contributed by atoms with E-state index >= 15 is 0 Å². The highest BCUT2D eigenvalue weighted by molar-refractivity contribution is 5.82. The molecule has 1 saturated carbocycles. The van der Waals surface area contributed by atoms with Crippen molar-refractivity contribution in [2.45, 2.75) is 50.7 Å². The van der Waals surface area contributed by atoms with Gasteiger partial charge in [0.25, 0.3) is 0 Å². The van der Waals surface area contributed by atoms with E-state index in [1.54, 1.807) is 6.07 Å². The fourth-order valence-electron chi connectivity index (χ4n) is 3.67. The Bertz CT molecular complexity index is 796. The largest absolute Gasteiger partial charge is 0.471 e. The number of carbonyl (C=O) groups excluding carboxylic acids is 1. The second kappa shape index (κ2) is 6.69. The number of aromatic nitrogens is 4. The highest BCUT2D eigenvalue weighted by Crippen LogP contribution is 2.42. The molecule has 9 heteroatoms. The molecule has 1 heterocycles. The van der Waals surface area contributed by atoms with Gasteiger partial charge in [-0.05, 0) is 41.8 Å². The van der Waals surface area contributed by atoms with Crippen LogP contribution in [0.25, 0.3) is 5.69 Å². The van der Waals surface area contributed by atoms with Crippen LogP contribution < -0.4 is 0 Å². The van der Waals surface area contributed by atoms with Gasteiger partial charge in [0.15, 0.2) is 5.82 Å². The molecule has 26 heavy (non-hydrogen) atoms. The van der Waals surface area contributed by atoms with Crippen molar-refractivity contribution in [2.75, 3.05) is 7.05 Å². The maximum absolute atomic E-state index is 13.1. The summed E-state index contributed by atoms with van der Waals surface area (Å²) >= 11 is 0. The van der Waals surface area contributed by atoms with Crippen LogP contribution in [-0.2, 0) is 10.3 Å². The number of nitrogens with zero attached hydrogens (tertiary/aromatic N) is 5. The summed E-state index contributed by atoms with van der Waals surface area (Å²) in [4.78, 5) is 12.8. The monoisotopic (exact) mass is 367 g/mol. The van der Waals surface area contributed by atoms with Crippen LogP contribution in [0.2, 0.25) is 0 Å². The zero-order valence-electron chi connectivity index (χ0n) is 14.6. The number of hydrogen-bond donors (Lipinski definition) is 0. The lowest BCUT2D eigenvalue weighted by molar-refractivity contribution is -0.192. The Morgan fingerprint density at radius 3 is 2.46 bits per heavy atom. The van der Waals surface area contributed by atoms with Gasteiger partial charge in [-0.2, -0.15) is 17.9 Å². The van der Waals surface area contributed by atoms with Crippen molar-refractivity contribution in [3.05, 3.63) is 35.7 Å². The molecule has 1 aliphatic rings. The number of benzene rings is 1. The molecule has 6 nitrogen and oxygen atoms in total. The molecule has 1 aromatic carbocycles. The third-order valence-electron chi connectivity index (χ3n) is 5.10. The second-order valence-corrected chi connectivity index (χ2v) is 6.65. The number of rotatable bonds is 3. The molecule has 3 rings (SSSR count). The standard InChI is InChI=1S/C17H20F3N5O/c1-12-8-4-5-9-13(12)25-14(21-22-23-25)16(10-6-3-7-11-16)24(2)15(26)17(18,19)20/h4-5,8-9H,3,6-7,10-11H2,1-2H3. The number of para-hydroxylation sites is 1. The van der Waals surface area contributed by atoms with Gasteiger partial charge in [0, 0.05) is 7.05 Å². The molecule has 0 unspecified atom stereocenters. The van der Waals surface area contributed by atoms with E-state index in [0.29, 0.717) is 31.4 Å². The topological polar surface area (TPSA) is 63.9 Å². The summed E-state index contributed by atoms with van der Waals surface area (Å²) in [5.74, 6) is -1.61. The molecule has 0 bridgehead atoms. The Morgan fingerprint density at radius 2 is 1.85 bits per heavy atom. The fraction of sp³-hybridized carbons (Fsp3) is 0.529. The number of aryl methyl sites for hydroxylation is 1. The van der Waals surface area contributed by atoms with Crippen LogP contribution in [-0.4, -0.2) is 44.2 Å². The zero-order chi connectivity index (χ0) is 18.9. The third-order valence-corrected chi connectivity index (χ3v) is 5.10. The van der Waals surface area contributed by atoms with Gasteiger partial charge in [0.05, 0.1) is 5.69 Å². The quantitative estimate of drug-likeness (QED) is 0.836. The van der Waals surface area contributed by atoms with Gasteiger partial charge < -0.3 is 4.90 Å². The average Bonchev–Trinajstić information content (AvgIpc) is 3.10. The molecule has 0 aliphatic heterocycles. The molecular weight excluding hydrogens is 347 g/mol. The normalized spacial score (nSPS) is 17.1. The Morgan fingerprint density at radius 1 is 1.19 bits per heavy atom. The van der Waals surface area contributed by atoms with E-state index < -0.39 is 17.6 Å². The summed E-state index contributed by atoms with van der Waals surface area (Å²) in [5.41, 5.74) is 0.388. The first kappa shape index (κ1) is 18.3. The van der Waals surface area contributed by atoms with E-state index in [-0.39, 0.29) is 5.82 Å². The predicted molar refractivity (Wildman–Crippen MR) is 87.5 cm³/mol. The Kier molecular flexibility index (Phi) is 4.72. The van der Waals surface area contributed by atoms with E-state index in [2.05, 4.69) is 15.5 Å². The maximum atomic E-state index is 13.1. The molecule has 0 atom stereocenters. The van der Waals surface area contributed by atoms with Gasteiger partial charge in [0.1, 0.15) is 5.54 Å². The Balaban J connectivity index is 2.13. The molecule has 1 fully saturated rings. The fourth-order valence-corrected chi connectivity index (χ4v) is 3.67. The van der Waals surface area contributed by atoms with Gasteiger partial charge in [0.2, 0.25) is 0 Å². The van der Waals surface area contributed by atoms with E-state index in [1.807, 2.05) is 25.1 Å². The molecule has 0 N–H and O–H groups in total. The lowest BCUT2D eigenvalue weighted by atomic mass is 9.79. The van der Waals surface area contributed by atoms with Crippen molar-refractivity contribution in [3.8, 4) is 5.69 Å². The molecule has 0 spiro atoms. The van der Waals surface area contributed by atoms with Gasteiger partial charge in [-0.3, -0.25) is 4.79 Å². The number of hydrogen-bond acceptors (Lipinski definition) is 4. The molecule has 1 aliphatic carbocycles. The number of halogens is 3. The molecular formula is C17H20F3N5O. The highest BCUT2D eigenvalue weighted by Gasteiger charge is 2.51. The van der Waals surface area contributed by atoms with E-state index in [0.717, 1.165) is 16.9 Å². The van der Waals surface area contributed by atoms with Crippen LogP contribution in [0.1, 0.15) is 43.5 Å². The summed E-state index contributed by atoms with van der Waals surface area (Å²) in [7, 11) is 1.19. The first-order valence-electron chi connectivity index (χ1n) is 8.47. The lowest BCUT2D eigenvalue weighted by Gasteiger charge is -2.43. The van der Waals surface area contributed by atoms with Crippen LogP contribution in [0.3, 0.4) is 0 Å². The van der Waals surface area contributed by atoms with Crippen molar-refractivity contribution in [1.29, 1.82) is 0 Å². The summed E-state index contributed by atoms with van der Waals surface area (Å²) in [6.07, 6.45) is -1.86. The molecule has 0 saturated heterocycles. The number of alkyl halides is 3. The minimum absolute atomic E-state index is 0.270. The number of amides is 1. The smallest absolute Gasteiger partial charge is 0.325 e. The highest BCUT2D eigenvalue weighted by atomic mass is 19.4. The van der Waals surface area contributed by atoms with Gasteiger partial charge in [-0.15, -0.1) is 5.10 Å². The zero-order valence-corrected chi connectivity index (χ0v) is 14.6. The predicted octanol–water partition coefficient (Wildman–Crippen LogP) is 3.15. The number of carbonyl (C=O) groups is 1. The first-order chi connectivity index (χ1) is 12.3. The molecule has 0 radical (unpaired) electrons. The van der Waals surface area contributed by atoms with Crippen LogP contribution in [0, 0.1) is 6.92 Å².